The molecule has 0 aliphatic carbocycles. The molecule has 0 heterocycles. The smallest absolute Gasteiger partial charge is 0.323 e. The van der Waals surface area contributed by atoms with Crippen molar-refractivity contribution in [2.45, 2.75) is 32.2 Å². The molecule has 1 N–H and O–H groups in total. The molecule has 15 heavy (non-hydrogen) atoms. The number of ether oxygens (including phenoxy) is 2. The molecular formula is C10H19NO4. The molecule has 0 aliphatic rings. The van der Waals surface area contributed by atoms with Gasteiger partial charge in [-0.3, -0.25) is 9.59 Å². The average Bonchev–Trinajstić information content (AvgIpc) is 2.26. The van der Waals surface area contributed by atoms with Crippen molar-refractivity contribution in [2.24, 2.45) is 0 Å². The molecule has 0 spiro atoms. The number of hydrogen-bond acceptors (Lipinski definition) is 5. The molecule has 0 aromatic heterocycles. The van der Waals surface area contributed by atoms with E-state index in [1.165, 1.54) is 14.2 Å². The van der Waals surface area contributed by atoms with Gasteiger partial charge < -0.3 is 14.8 Å². The predicted molar refractivity (Wildman–Crippen MR) is 55.3 cm³/mol. The highest BCUT2D eigenvalue weighted by molar-refractivity contribution is 5.82. The number of unbranched alkanes of at least 4 members (excludes halogenated alkanes) is 1. The summed E-state index contributed by atoms with van der Waals surface area (Å²) >= 11 is 0. The number of nitrogens with one attached hydrogen (secondary N) is 1. The Balaban J connectivity index is 4.06. The Morgan fingerprint density at radius 2 is 1.93 bits per heavy atom. The van der Waals surface area contributed by atoms with Crippen LogP contribution in [0.5, 0.6) is 0 Å². The molecule has 0 radical (unpaired) electrons. The second kappa shape index (κ2) is 8.23. The highest BCUT2D eigenvalue weighted by Crippen LogP contribution is 1.98. The van der Waals surface area contributed by atoms with E-state index in [1.54, 1.807) is 0 Å². The minimum Gasteiger partial charge on any atom is -0.469 e. The van der Waals surface area contributed by atoms with Crippen molar-refractivity contribution >= 4 is 11.9 Å². The standard InChI is InChI=1S/C10H19NO4/c1-4-5-6-11-8(10(13)15-3)7-9(12)14-2/h8,11H,4-7H2,1-3H3/t8-/m0/s1. The molecule has 5 heteroatoms. The second-order valence-corrected chi connectivity index (χ2v) is 3.16. The van der Waals surface area contributed by atoms with Gasteiger partial charge in [-0.1, -0.05) is 13.3 Å². The van der Waals surface area contributed by atoms with Crippen LogP contribution in [-0.2, 0) is 19.1 Å². The van der Waals surface area contributed by atoms with Crippen LogP contribution in [0.25, 0.3) is 0 Å². The molecular weight excluding hydrogens is 198 g/mol. The Hall–Kier alpha value is -1.10. The van der Waals surface area contributed by atoms with E-state index < -0.39 is 18.0 Å². The number of methoxy groups -OCH3 is 2. The van der Waals surface area contributed by atoms with Gasteiger partial charge in [-0.05, 0) is 13.0 Å². The molecule has 1 atom stereocenters. The van der Waals surface area contributed by atoms with Gasteiger partial charge in [0.15, 0.2) is 0 Å². The Morgan fingerprint density at radius 1 is 1.27 bits per heavy atom. The molecule has 0 rings (SSSR count). The van der Waals surface area contributed by atoms with E-state index in [1.807, 2.05) is 0 Å². The van der Waals surface area contributed by atoms with Gasteiger partial charge in [-0.2, -0.15) is 0 Å². The molecule has 5 nitrogen and oxygen atoms in total. The van der Waals surface area contributed by atoms with Gasteiger partial charge in [-0.25, -0.2) is 0 Å². The summed E-state index contributed by atoms with van der Waals surface area (Å²) < 4.78 is 9.07. The first-order valence-electron chi connectivity index (χ1n) is 5.03. The van der Waals surface area contributed by atoms with Gasteiger partial charge in [0.1, 0.15) is 6.04 Å². The molecule has 0 aromatic carbocycles. The Morgan fingerprint density at radius 3 is 2.40 bits per heavy atom. The van der Waals surface area contributed by atoms with Crippen LogP contribution in [0.4, 0.5) is 0 Å². The lowest BCUT2D eigenvalue weighted by Crippen LogP contribution is -2.40. The summed E-state index contributed by atoms with van der Waals surface area (Å²) in [6.07, 6.45) is 1.99. The minimum atomic E-state index is -0.603. The molecule has 0 fully saturated rings. The third-order valence-corrected chi connectivity index (χ3v) is 2.01. The summed E-state index contributed by atoms with van der Waals surface area (Å²) in [6.45, 7) is 2.74. The normalized spacial score (nSPS) is 11.9. The highest BCUT2D eigenvalue weighted by Gasteiger charge is 2.21. The van der Waals surface area contributed by atoms with Crippen molar-refractivity contribution in [2.75, 3.05) is 20.8 Å². The van der Waals surface area contributed by atoms with E-state index >= 15 is 0 Å². The third kappa shape index (κ3) is 6.06. The lowest BCUT2D eigenvalue weighted by atomic mass is 10.2. The summed E-state index contributed by atoms with van der Waals surface area (Å²) in [5, 5.41) is 2.96. The van der Waals surface area contributed by atoms with E-state index in [-0.39, 0.29) is 6.42 Å². The summed E-state index contributed by atoms with van der Waals surface area (Å²) in [4.78, 5) is 22.3. The lowest BCUT2D eigenvalue weighted by Gasteiger charge is -2.14. The van der Waals surface area contributed by atoms with Crippen molar-refractivity contribution in [1.29, 1.82) is 0 Å². The van der Waals surface area contributed by atoms with Crippen LogP contribution in [0, 0.1) is 0 Å². The fraction of sp³-hybridized carbons (Fsp3) is 0.800. The molecule has 0 unspecified atom stereocenters. The van der Waals surface area contributed by atoms with E-state index in [2.05, 4.69) is 21.7 Å². The molecule has 0 bridgehead atoms. The maximum absolute atomic E-state index is 11.3. The van der Waals surface area contributed by atoms with E-state index in [9.17, 15) is 9.59 Å². The average molecular weight is 217 g/mol. The van der Waals surface area contributed by atoms with Gasteiger partial charge in [-0.15, -0.1) is 0 Å². The summed E-state index contributed by atoms with van der Waals surface area (Å²) in [5.41, 5.74) is 0. The molecule has 0 saturated carbocycles. The van der Waals surface area contributed by atoms with Gasteiger partial charge in [0.25, 0.3) is 0 Å². The number of rotatable bonds is 7. The fourth-order valence-corrected chi connectivity index (χ4v) is 1.08. The van der Waals surface area contributed by atoms with E-state index in [4.69, 9.17) is 0 Å². The molecule has 0 aliphatic heterocycles. The van der Waals surface area contributed by atoms with E-state index in [0.29, 0.717) is 6.54 Å². The van der Waals surface area contributed by atoms with Crippen molar-refractivity contribution in [3.63, 3.8) is 0 Å². The maximum Gasteiger partial charge on any atom is 0.323 e. The SMILES string of the molecule is CCCCN[C@@H](CC(=O)OC)C(=O)OC. The van der Waals surface area contributed by atoms with E-state index in [0.717, 1.165) is 12.8 Å². The highest BCUT2D eigenvalue weighted by atomic mass is 16.5. The third-order valence-electron chi connectivity index (χ3n) is 2.01. The van der Waals surface area contributed by atoms with Gasteiger partial charge >= 0.3 is 11.9 Å². The summed E-state index contributed by atoms with van der Waals surface area (Å²) in [6, 6.07) is -0.603. The number of esters is 2. The first-order valence-corrected chi connectivity index (χ1v) is 5.03. The summed E-state index contributed by atoms with van der Waals surface area (Å²) in [7, 11) is 2.59. The lowest BCUT2D eigenvalue weighted by molar-refractivity contribution is -0.149. The van der Waals surface area contributed by atoms with Crippen LogP contribution in [0.3, 0.4) is 0 Å². The Bertz CT molecular complexity index is 206. The first-order chi connectivity index (χ1) is 7.15. The van der Waals surface area contributed by atoms with Crippen molar-refractivity contribution in [3.8, 4) is 0 Å². The quantitative estimate of drug-likeness (QED) is 0.496. The molecule has 0 amide bonds. The molecule has 0 saturated heterocycles. The van der Waals surface area contributed by atoms with Gasteiger partial charge in [0, 0.05) is 0 Å². The zero-order valence-corrected chi connectivity index (χ0v) is 9.54. The first kappa shape index (κ1) is 13.9. The van der Waals surface area contributed by atoms with Crippen LogP contribution in [0.1, 0.15) is 26.2 Å². The molecule has 0 aromatic rings. The molecule has 88 valence electrons. The zero-order chi connectivity index (χ0) is 11.7. The van der Waals surface area contributed by atoms with Gasteiger partial charge in [0.05, 0.1) is 20.6 Å². The second-order valence-electron chi connectivity index (χ2n) is 3.16. The number of carbonyl (C=O) groups excluding carboxylic acids is 2. The topological polar surface area (TPSA) is 64.6 Å². The van der Waals surface area contributed by atoms with Crippen molar-refractivity contribution in [3.05, 3.63) is 0 Å². The fourth-order valence-electron chi connectivity index (χ4n) is 1.08. The van der Waals surface area contributed by atoms with Crippen LogP contribution in [-0.4, -0.2) is 38.7 Å². The monoisotopic (exact) mass is 217 g/mol. The largest absolute Gasteiger partial charge is 0.469 e. The zero-order valence-electron chi connectivity index (χ0n) is 9.54. The van der Waals surface area contributed by atoms with Crippen LogP contribution in [0.15, 0.2) is 0 Å². The Kier molecular flexibility index (Phi) is 7.62. The van der Waals surface area contributed by atoms with Crippen molar-refractivity contribution < 1.29 is 19.1 Å². The predicted octanol–water partition coefficient (Wildman–Crippen LogP) is 0.481. The van der Waals surface area contributed by atoms with Crippen LogP contribution in [0.2, 0.25) is 0 Å². The summed E-state index contributed by atoms with van der Waals surface area (Å²) in [5.74, 6) is -0.856. The number of carbonyl (C=O) groups is 2. The number of hydrogen-bond donors (Lipinski definition) is 1. The van der Waals surface area contributed by atoms with Crippen LogP contribution >= 0.6 is 0 Å². The van der Waals surface area contributed by atoms with Gasteiger partial charge in [0.2, 0.25) is 0 Å². The van der Waals surface area contributed by atoms with Crippen LogP contribution < -0.4 is 5.32 Å². The maximum atomic E-state index is 11.3. The Labute approximate surface area is 90.1 Å². The minimum absolute atomic E-state index is 0.00683. The van der Waals surface area contributed by atoms with Crippen molar-refractivity contribution in [1.82, 2.24) is 5.32 Å².